The molecule has 8 nitrogen and oxygen atoms in total. The van der Waals surface area contributed by atoms with E-state index in [9.17, 15) is 13.2 Å². The Kier molecular flexibility index (Phi) is 5.23. The normalized spacial score (nSPS) is 13.8. The molecule has 1 aliphatic rings. The summed E-state index contributed by atoms with van der Waals surface area (Å²) in [6.07, 6.45) is 6.76. The predicted octanol–water partition coefficient (Wildman–Crippen LogP) is 2.26. The summed E-state index contributed by atoms with van der Waals surface area (Å²) in [5.74, 6) is -0.896. The number of pyridine rings is 1. The van der Waals surface area contributed by atoms with Crippen molar-refractivity contribution in [3.8, 4) is 11.3 Å². The molecule has 1 amide bonds. The molecular formula is C21H25N5O3S. The Morgan fingerprint density at radius 3 is 2.67 bits per heavy atom. The van der Waals surface area contributed by atoms with Crippen LogP contribution in [0.3, 0.4) is 0 Å². The lowest BCUT2D eigenvalue weighted by atomic mass is 10.1. The fourth-order valence-electron chi connectivity index (χ4n) is 3.82. The topological polar surface area (TPSA) is 90.1 Å². The van der Waals surface area contributed by atoms with Crippen molar-refractivity contribution in [3.63, 3.8) is 0 Å². The zero-order chi connectivity index (χ0) is 21.5. The van der Waals surface area contributed by atoms with Crippen molar-refractivity contribution >= 4 is 15.7 Å². The minimum absolute atomic E-state index is 0.206. The van der Waals surface area contributed by atoms with Crippen molar-refractivity contribution in [2.75, 3.05) is 12.0 Å². The van der Waals surface area contributed by atoms with Crippen LogP contribution < -0.4 is 0 Å². The highest BCUT2D eigenvalue weighted by molar-refractivity contribution is 7.91. The Labute approximate surface area is 176 Å². The maximum atomic E-state index is 12.8. The number of nitrogens with zero attached hydrogens (tertiary/aromatic N) is 5. The molecule has 0 radical (unpaired) electrons. The van der Waals surface area contributed by atoms with E-state index in [-0.39, 0.29) is 6.04 Å². The number of fused-ring (bicyclic) bond motifs is 3. The van der Waals surface area contributed by atoms with Gasteiger partial charge in [-0.1, -0.05) is 6.07 Å². The molecule has 3 aromatic heterocycles. The minimum atomic E-state index is -3.42. The average Bonchev–Trinajstić information content (AvgIpc) is 3.21. The molecule has 0 atom stereocenters. The van der Waals surface area contributed by atoms with Gasteiger partial charge < -0.3 is 9.47 Å². The highest BCUT2D eigenvalue weighted by atomic mass is 32.2. The second-order valence-electron chi connectivity index (χ2n) is 8.02. The maximum absolute atomic E-state index is 12.8. The molecule has 0 spiro atoms. The molecule has 0 N–H and O–H groups in total. The van der Waals surface area contributed by atoms with E-state index in [4.69, 9.17) is 5.10 Å². The van der Waals surface area contributed by atoms with E-state index >= 15 is 0 Å². The van der Waals surface area contributed by atoms with Gasteiger partial charge in [-0.05, 0) is 32.0 Å². The summed E-state index contributed by atoms with van der Waals surface area (Å²) >= 11 is 0. The van der Waals surface area contributed by atoms with E-state index in [2.05, 4.69) is 23.4 Å². The Morgan fingerprint density at radius 1 is 1.20 bits per heavy atom. The monoisotopic (exact) mass is 427 g/mol. The van der Waals surface area contributed by atoms with E-state index in [0.717, 1.165) is 34.5 Å². The third kappa shape index (κ3) is 4.16. The minimum Gasteiger partial charge on any atom is -0.347 e. The second-order valence-corrected chi connectivity index (χ2v) is 10.2. The number of carbonyl (C=O) groups is 1. The molecule has 0 aliphatic carbocycles. The van der Waals surface area contributed by atoms with Crippen molar-refractivity contribution in [3.05, 3.63) is 59.8 Å². The van der Waals surface area contributed by atoms with Crippen LogP contribution in [0.15, 0.2) is 42.9 Å². The van der Waals surface area contributed by atoms with Gasteiger partial charge in [0.15, 0.2) is 9.84 Å². The Morgan fingerprint density at radius 2 is 2.00 bits per heavy atom. The van der Waals surface area contributed by atoms with Crippen LogP contribution in [-0.2, 0) is 34.3 Å². The van der Waals surface area contributed by atoms with Gasteiger partial charge in [0.1, 0.15) is 5.75 Å². The molecule has 0 unspecified atom stereocenters. The zero-order valence-corrected chi connectivity index (χ0v) is 18.1. The first-order chi connectivity index (χ1) is 14.2. The standard InChI is InChI=1S/C21H25N5O3S/c1-15(2)26-9-7-18-19(26)13-24(20(27)14-30(3,28)29)10-16-11-25(23-21(16)18)12-17-6-4-5-8-22-17/h4-9,11,15H,10,12-14H2,1-3H3. The van der Waals surface area contributed by atoms with E-state index in [1.165, 1.54) is 0 Å². The molecule has 4 rings (SSSR count). The number of sulfone groups is 1. The summed E-state index contributed by atoms with van der Waals surface area (Å²) in [7, 11) is -3.42. The van der Waals surface area contributed by atoms with Crippen LogP contribution in [-0.4, -0.2) is 50.6 Å². The van der Waals surface area contributed by atoms with Crippen molar-refractivity contribution < 1.29 is 13.2 Å². The first kappa shape index (κ1) is 20.3. The van der Waals surface area contributed by atoms with E-state index in [1.807, 2.05) is 41.3 Å². The van der Waals surface area contributed by atoms with Gasteiger partial charge in [-0.25, -0.2) is 8.42 Å². The first-order valence-corrected chi connectivity index (χ1v) is 11.9. The Hall–Kier alpha value is -2.94. The molecule has 0 saturated carbocycles. The zero-order valence-electron chi connectivity index (χ0n) is 17.3. The van der Waals surface area contributed by atoms with Crippen molar-refractivity contribution in [2.24, 2.45) is 0 Å². The maximum Gasteiger partial charge on any atom is 0.238 e. The van der Waals surface area contributed by atoms with Gasteiger partial charge in [-0.2, -0.15) is 5.10 Å². The first-order valence-electron chi connectivity index (χ1n) is 9.83. The molecule has 0 fully saturated rings. The molecule has 9 heteroatoms. The van der Waals surface area contributed by atoms with E-state index in [1.54, 1.807) is 11.1 Å². The largest absolute Gasteiger partial charge is 0.347 e. The van der Waals surface area contributed by atoms with Gasteiger partial charge in [0.2, 0.25) is 5.91 Å². The van der Waals surface area contributed by atoms with Crippen molar-refractivity contribution in [1.29, 1.82) is 0 Å². The second kappa shape index (κ2) is 7.71. The van der Waals surface area contributed by atoms with Crippen molar-refractivity contribution in [1.82, 2.24) is 24.2 Å². The Balaban J connectivity index is 1.75. The van der Waals surface area contributed by atoms with Crippen LogP contribution >= 0.6 is 0 Å². The van der Waals surface area contributed by atoms with E-state index in [0.29, 0.717) is 19.6 Å². The number of hydrogen-bond donors (Lipinski definition) is 0. The summed E-state index contributed by atoms with van der Waals surface area (Å²) < 4.78 is 27.4. The number of aromatic nitrogens is 4. The summed E-state index contributed by atoms with van der Waals surface area (Å²) in [4.78, 5) is 18.8. The molecule has 0 bridgehead atoms. The number of amides is 1. The van der Waals surface area contributed by atoms with Gasteiger partial charge in [0.05, 0.1) is 24.5 Å². The third-order valence-electron chi connectivity index (χ3n) is 5.16. The summed E-state index contributed by atoms with van der Waals surface area (Å²) in [6.45, 7) is 5.35. The Bertz CT molecular complexity index is 1180. The van der Waals surface area contributed by atoms with Crippen LogP contribution in [0.25, 0.3) is 11.3 Å². The number of hydrogen-bond acceptors (Lipinski definition) is 5. The van der Waals surface area contributed by atoms with Gasteiger partial charge >= 0.3 is 0 Å². The van der Waals surface area contributed by atoms with Crippen LogP contribution in [0, 0.1) is 0 Å². The lowest BCUT2D eigenvalue weighted by molar-refractivity contribution is -0.129. The molecule has 0 saturated heterocycles. The van der Waals surface area contributed by atoms with Gasteiger partial charge in [-0.15, -0.1) is 0 Å². The highest BCUT2D eigenvalue weighted by Gasteiger charge is 2.29. The lowest BCUT2D eigenvalue weighted by Crippen LogP contribution is -2.34. The molecular weight excluding hydrogens is 402 g/mol. The fourth-order valence-corrected chi connectivity index (χ4v) is 4.46. The number of rotatable bonds is 5. The van der Waals surface area contributed by atoms with E-state index < -0.39 is 21.5 Å². The van der Waals surface area contributed by atoms with Gasteiger partial charge in [0, 0.05) is 54.3 Å². The van der Waals surface area contributed by atoms with Gasteiger partial charge in [-0.3, -0.25) is 14.5 Å². The molecule has 0 aromatic carbocycles. The fraction of sp³-hybridized carbons (Fsp3) is 0.381. The van der Waals surface area contributed by atoms with Crippen LogP contribution in [0.5, 0.6) is 0 Å². The summed E-state index contributed by atoms with van der Waals surface area (Å²) in [6, 6.07) is 7.97. The van der Waals surface area contributed by atoms with Gasteiger partial charge in [0.25, 0.3) is 0 Å². The summed E-state index contributed by atoms with van der Waals surface area (Å²) in [5.41, 5.74) is 4.56. The SMILES string of the molecule is CC(C)n1ccc2c1CN(C(=O)CS(C)(=O)=O)Cc1cn(Cc3ccccn3)nc1-2. The van der Waals surface area contributed by atoms with Crippen molar-refractivity contribution in [2.45, 2.75) is 39.5 Å². The molecule has 1 aliphatic heterocycles. The van der Waals surface area contributed by atoms with Crippen LogP contribution in [0.4, 0.5) is 0 Å². The molecule has 3 aromatic rings. The van der Waals surface area contributed by atoms with Crippen LogP contribution in [0.1, 0.15) is 36.8 Å². The van der Waals surface area contributed by atoms with Crippen LogP contribution in [0.2, 0.25) is 0 Å². The molecule has 4 heterocycles. The predicted molar refractivity (Wildman–Crippen MR) is 113 cm³/mol. The molecule has 158 valence electrons. The quantitative estimate of drug-likeness (QED) is 0.623. The third-order valence-corrected chi connectivity index (χ3v) is 5.93. The lowest BCUT2D eigenvalue weighted by Gasteiger charge is -2.23. The number of carbonyl (C=O) groups excluding carboxylic acids is 1. The smallest absolute Gasteiger partial charge is 0.238 e. The highest BCUT2D eigenvalue weighted by Crippen LogP contribution is 2.34. The summed E-state index contributed by atoms with van der Waals surface area (Å²) in [5, 5.41) is 4.80. The average molecular weight is 428 g/mol. The molecule has 30 heavy (non-hydrogen) atoms.